The third-order valence-electron chi connectivity index (χ3n) is 4.14. The summed E-state index contributed by atoms with van der Waals surface area (Å²) in [7, 11) is 0. The number of anilines is 1. The molecule has 1 N–H and O–H groups in total. The number of hydrogen-bond donors (Lipinski definition) is 1. The molecule has 0 unspecified atom stereocenters. The number of carbonyl (C=O) groups excluding carboxylic acids is 1. The zero-order valence-corrected chi connectivity index (χ0v) is 12.6. The lowest BCUT2D eigenvalue weighted by Crippen LogP contribution is -2.17. The fourth-order valence-electron chi connectivity index (χ4n) is 2.80. The first-order valence-corrected chi connectivity index (χ1v) is 7.18. The van der Waals surface area contributed by atoms with Gasteiger partial charge < -0.3 is 5.32 Å². The molecular formula is C19H19NO. The summed E-state index contributed by atoms with van der Waals surface area (Å²) in [4.78, 5) is 11.9. The van der Waals surface area contributed by atoms with E-state index in [0.717, 1.165) is 22.5 Å². The van der Waals surface area contributed by atoms with E-state index in [-0.39, 0.29) is 11.2 Å². The third-order valence-corrected chi connectivity index (χ3v) is 4.14. The Bertz CT molecular complexity index is 730. The van der Waals surface area contributed by atoms with Gasteiger partial charge in [-0.2, -0.15) is 0 Å². The summed E-state index contributed by atoms with van der Waals surface area (Å²) in [6.07, 6.45) is 9.33. The lowest BCUT2D eigenvalue weighted by molar-refractivity contribution is -0.111. The SMILES string of the molecule is CC1=C/C(=C\C=C2\Nc3ccccc3C2(C)C)C(=O)C=C1. The zero-order valence-electron chi connectivity index (χ0n) is 12.6. The maximum atomic E-state index is 11.9. The maximum Gasteiger partial charge on any atom is 0.185 e. The van der Waals surface area contributed by atoms with Gasteiger partial charge >= 0.3 is 0 Å². The fraction of sp³-hybridized carbons (Fsp3) is 0.211. The van der Waals surface area contributed by atoms with Crippen molar-refractivity contribution in [1.82, 2.24) is 0 Å². The predicted molar refractivity (Wildman–Crippen MR) is 87.2 cm³/mol. The molecule has 1 heterocycles. The van der Waals surface area contributed by atoms with Crippen molar-refractivity contribution in [2.24, 2.45) is 0 Å². The highest BCUT2D eigenvalue weighted by Crippen LogP contribution is 2.42. The largest absolute Gasteiger partial charge is 0.358 e. The summed E-state index contributed by atoms with van der Waals surface area (Å²) in [5, 5.41) is 3.46. The summed E-state index contributed by atoms with van der Waals surface area (Å²) in [5.74, 6) is 0.0609. The molecular weight excluding hydrogens is 258 g/mol. The monoisotopic (exact) mass is 277 g/mol. The molecule has 1 aliphatic heterocycles. The lowest BCUT2D eigenvalue weighted by Gasteiger charge is -2.20. The Morgan fingerprint density at radius 1 is 1.10 bits per heavy atom. The molecule has 1 aromatic carbocycles. The minimum Gasteiger partial charge on any atom is -0.358 e. The van der Waals surface area contributed by atoms with Gasteiger partial charge in [-0.15, -0.1) is 0 Å². The van der Waals surface area contributed by atoms with Crippen molar-refractivity contribution in [1.29, 1.82) is 0 Å². The van der Waals surface area contributed by atoms with Crippen LogP contribution in [0.3, 0.4) is 0 Å². The van der Waals surface area contributed by atoms with Crippen LogP contribution in [-0.4, -0.2) is 5.78 Å². The van der Waals surface area contributed by atoms with Crippen molar-refractivity contribution in [2.75, 3.05) is 5.32 Å². The topological polar surface area (TPSA) is 29.1 Å². The van der Waals surface area contributed by atoms with Crippen LogP contribution in [0.1, 0.15) is 26.3 Å². The number of hydrogen-bond acceptors (Lipinski definition) is 2. The van der Waals surface area contributed by atoms with E-state index >= 15 is 0 Å². The molecule has 0 saturated heterocycles. The number of rotatable bonds is 1. The van der Waals surface area contributed by atoms with Crippen molar-refractivity contribution in [3.8, 4) is 0 Å². The molecule has 0 spiro atoms. The van der Waals surface area contributed by atoms with Crippen molar-refractivity contribution in [3.05, 3.63) is 77.1 Å². The second kappa shape index (κ2) is 4.88. The molecule has 3 rings (SSSR count). The van der Waals surface area contributed by atoms with Crippen LogP contribution in [-0.2, 0) is 10.2 Å². The first kappa shape index (κ1) is 13.6. The molecule has 1 aromatic rings. The second-order valence-corrected chi connectivity index (χ2v) is 6.08. The second-order valence-electron chi connectivity index (χ2n) is 6.08. The van der Waals surface area contributed by atoms with Crippen molar-refractivity contribution >= 4 is 11.5 Å². The summed E-state index contributed by atoms with van der Waals surface area (Å²) >= 11 is 0. The van der Waals surface area contributed by atoms with Crippen LogP contribution in [0.2, 0.25) is 0 Å². The van der Waals surface area contributed by atoms with Crippen LogP contribution in [0.15, 0.2) is 71.5 Å². The zero-order chi connectivity index (χ0) is 15.0. The minimum atomic E-state index is -0.0695. The molecule has 106 valence electrons. The van der Waals surface area contributed by atoms with Crippen LogP contribution in [0, 0.1) is 0 Å². The van der Waals surface area contributed by atoms with Gasteiger partial charge in [0.25, 0.3) is 0 Å². The Labute approximate surface area is 125 Å². The number of para-hydroxylation sites is 1. The molecule has 1 aliphatic carbocycles. The molecule has 0 fully saturated rings. The fourth-order valence-corrected chi connectivity index (χ4v) is 2.80. The predicted octanol–water partition coefficient (Wildman–Crippen LogP) is 4.29. The first-order chi connectivity index (χ1) is 9.98. The first-order valence-electron chi connectivity index (χ1n) is 7.18. The molecule has 0 radical (unpaired) electrons. The average Bonchev–Trinajstić information content (AvgIpc) is 2.72. The molecule has 2 aliphatic rings. The Kier molecular flexibility index (Phi) is 3.17. The molecule has 0 bridgehead atoms. The van der Waals surface area contributed by atoms with Crippen LogP contribution < -0.4 is 5.32 Å². The standard InChI is InChI=1S/C19H19NO/c1-13-8-10-17(21)14(12-13)9-11-18-19(2,3)15-6-4-5-7-16(15)20-18/h4-12,20H,1-3H3/b14-9+,18-11+. The van der Waals surface area contributed by atoms with E-state index in [1.54, 1.807) is 6.08 Å². The normalized spacial score (nSPS) is 23.2. The van der Waals surface area contributed by atoms with Gasteiger partial charge in [-0.3, -0.25) is 4.79 Å². The molecule has 0 saturated carbocycles. The molecule has 21 heavy (non-hydrogen) atoms. The average molecular weight is 277 g/mol. The van der Waals surface area contributed by atoms with Gasteiger partial charge in [-0.05, 0) is 42.9 Å². The molecule has 0 atom stereocenters. The van der Waals surface area contributed by atoms with Gasteiger partial charge in [-0.1, -0.05) is 43.7 Å². The molecule has 2 nitrogen and oxygen atoms in total. The van der Waals surface area contributed by atoms with Crippen LogP contribution in [0.25, 0.3) is 0 Å². The number of nitrogens with one attached hydrogen (secondary N) is 1. The van der Waals surface area contributed by atoms with Crippen LogP contribution >= 0.6 is 0 Å². The van der Waals surface area contributed by atoms with Crippen LogP contribution in [0.4, 0.5) is 5.69 Å². The number of fused-ring (bicyclic) bond motifs is 1. The van der Waals surface area contributed by atoms with Gasteiger partial charge in [0.15, 0.2) is 5.78 Å². The highest BCUT2D eigenvalue weighted by molar-refractivity contribution is 6.08. The summed E-state index contributed by atoms with van der Waals surface area (Å²) < 4.78 is 0. The van der Waals surface area contributed by atoms with E-state index < -0.39 is 0 Å². The number of carbonyl (C=O) groups is 1. The Morgan fingerprint density at radius 3 is 2.62 bits per heavy atom. The number of benzene rings is 1. The van der Waals surface area contributed by atoms with E-state index in [2.05, 4.69) is 37.4 Å². The summed E-state index contributed by atoms with van der Waals surface area (Å²) in [5.41, 5.74) is 5.31. The summed E-state index contributed by atoms with van der Waals surface area (Å²) in [6.45, 7) is 6.39. The van der Waals surface area contributed by atoms with E-state index in [0.29, 0.717) is 0 Å². The van der Waals surface area contributed by atoms with Gasteiger partial charge in [0.1, 0.15) is 0 Å². The van der Waals surface area contributed by atoms with E-state index in [4.69, 9.17) is 0 Å². The Balaban J connectivity index is 1.96. The minimum absolute atomic E-state index is 0.0609. The van der Waals surface area contributed by atoms with E-state index in [1.807, 2.05) is 37.3 Å². The van der Waals surface area contributed by atoms with E-state index in [1.165, 1.54) is 5.56 Å². The van der Waals surface area contributed by atoms with E-state index in [9.17, 15) is 4.79 Å². The smallest absolute Gasteiger partial charge is 0.185 e. The van der Waals surface area contributed by atoms with Gasteiger partial charge in [0, 0.05) is 22.4 Å². The molecule has 0 aromatic heterocycles. The summed E-state index contributed by atoms with van der Waals surface area (Å²) in [6, 6.07) is 8.33. The molecule has 0 amide bonds. The number of ketones is 1. The van der Waals surface area contributed by atoms with Gasteiger partial charge in [0.2, 0.25) is 0 Å². The number of allylic oxidation sites excluding steroid dienone is 8. The van der Waals surface area contributed by atoms with Gasteiger partial charge in [0.05, 0.1) is 0 Å². The lowest BCUT2D eigenvalue weighted by atomic mass is 9.83. The van der Waals surface area contributed by atoms with Crippen molar-refractivity contribution in [2.45, 2.75) is 26.2 Å². The maximum absolute atomic E-state index is 11.9. The Hall–Kier alpha value is -2.35. The highest BCUT2D eigenvalue weighted by Gasteiger charge is 2.33. The third kappa shape index (κ3) is 2.38. The molecule has 2 heteroatoms. The Morgan fingerprint density at radius 2 is 1.86 bits per heavy atom. The quantitative estimate of drug-likeness (QED) is 0.776. The highest BCUT2D eigenvalue weighted by atomic mass is 16.1. The van der Waals surface area contributed by atoms with Crippen LogP contribution in [0.5, 0.6) is 0 Å². The van der Waals surface area contributed by atoms with Gasteiger partial charge in [-0.25, -0.2) is 0 Å². The van der Waals surface area contributed by atoms with Crippen molar-refractivity contribution < 1.29 is 4.79 Å². The van der Waals surface area contributed by atoms with Crippen molar-refractivity contribution in [3.63, 3.8) is 0 Å².